The van der Waals surface area contributed by atoms with Crippen LogP contribution in [0.15, 0.2) is 207 Å². The number of rotatable bonds is 8. The van der Waals surface area contributed by atoms with Crippen molar-refractivity contribution in [3.05, 3.63) is 229 Å². The van der Waals surface area contributed by atoms with Crippen molar-refractivity contribution in [2.24, 2.45) is 0 Å². The molecule has 0 spiro atoms. The minimum absolute atomic E-state index is 0.837. The Morgan fingerprint density at radius 2 is 0.717 bits per heavy atom. The van der Waals surface area contributed by atoms with Gasteiger partial charge in [-0.15, -0.1) is 0 Å². The Hall–Kier alpha value is -6.82. The molecule has 5 heteroatoms. The molecule has 1 aliphatic rings. The zero-order valence-electron chi connectivity index (χ0n) is 28.9. The Bertz CT molecular complexity index is 2360. The normalized spacial score (nSPS) is 13.7. The van der Waals surface area contributed by atoms with Gasteiger partial charge in [0.25, 0.3) is 0 Å². The van der Waals surface area contributed by atoms with Crippen molar-refractivity contribution < 1.29 is 0 Å². The molecule has 0 aliphatic carbocycles. The summed E-state index contributed by atoms with van der Waals surface area (Å²) in [5.41, 5.74) is 10.3. The Kier molecular flexibility index (Phi) is 8.52. The topological polar surface area (TPSA) is 51.6 Å². The Morgan fingerprint density at radius 1 is 0.283 bits per heavy atom. The first-order chi connectivity index (χ1) is 26.3. The fourth-order valence-corrected chi connectivity index (χ4v) is 13.3. The van der Waals surface area contributed by atoms with Gasteiger partial charge in [-0.1, -0.05) is 140 Å². The summed E-state index contributed by atoms with van der Waals surface area (Å²) >= 11 is 0. The first kappa shape index (κ1) is 32.1. The zero-order chi connectivity index (χ0) is 35.5. The molecule has 0 fully saturated rings. The van der Waals surface area contributed by atoms with Crippen molar-refractivity contribution in [2.75, 3.05) is 0 Å². The van der Waals surface area contributed by atoms with Gasteiger partial charge >= 0.3 is 0 Å². The molecule has 0 bridgehead atoms. The van der Waals surface area contributed by atoms with Gasteiger partial charge < -0.3 is 0 Å². The lowest BCUT2D eigenvalue weighted by Gasteiger charge is -2.35. The van der Waals surface area contributed by atoms with E-state index in [1.54, 1.807) is 0 Å². The number of benzene rings is 4. The summed E-state index contributed by atoms with van der Waals surface area (Å²) in [6, 6.07) is 64.5. The number of allylic oxidation sites excluding steroid dienone is 2. The average molecular weight is 695 g/mol. The van der Waals surface area contributed by atoms with E-state index in [2.05, 4.69) is 162 Å². The van der Waals surface area contributed by atoms with Gasteiger partial charge in [0.2, 0.25) is 0 Å². The maximum absolute atomic E-state index is 5.36. The van der Waals surface area contributed by atoms with Crippen LogP contribution in [0.5, 0.6) is 0 Å². The number of aromatic nitrogens is 4. The van der Waals surface area contributed by atoms with Gasteiger partial charge in [-0.05, 0) is 91.1 Å². The SMILES string of the molecule is c1ccc(C2=C(c3ccc(-c4ccccn4)nc3)[Si](c3ccccc3)(c3ccccc3)C(c3ccc(-c4ccccn4)cn3)=C2c2ccccc2)cc1. The molecular formula is C48H34N4Si. The fourth-order valence-electron chi connectivity index (χ4n) is 7.77. The summed E-state index contributed by atoms with van der Waals surface area (Å²) in [6.45, 7) is 0. The Labute approximate surface area is 310 Å². The molecule has 0 radical (unpaired) electrons. The van der Waals surface area contributed by atoms with Gasteiger partial charge in [0.15, 0.2) is 8.07 Å². The van der Waals surface area contributed by atoms with Crippen LogP contribution in [0.4, 0.5) is 0 Å². The van der Waals surface area contributed by atoms with E-state index in [0.717, 1.165) is 45.0 Å². The number of nitrogens with zero attached hydrogens (tertiary/aromatic N) is 4. The minimum Gasteiger partial charge on any atom is -0.256 e. The quantitative estimate of drug-likeness (QED) is 0.149. The Morgan fingerprint density at radius 3 is 1.21 bits per heavy atom. The summed E-state index contributed by atoms with van der Waals surface area (Å²) in [5.74, 6) is 0. The van der Waals surface area contributed by atoms with Crippen LogP contribution < -0.4 is 10.4 Å². The van der Waals surface area contributed by atoms with Crippen LogP contribution in [-0.2, 0) is 0 Å². The van der Waals surface area contributed by atoms with Crippen molar-refractivity contribution in [3.63, 3.8) is 0 Å². The molecule has 9 rings (SSSR count). The van der Waals surface area contributed by atoms with E-state index in [4.69, 9.17) is 9.97 Å². The van der Waals surface area contributed by atoms with Gasteiger partial charge in [-0.2, -0.15) is 0 Å². The zero-order valence-corrected chi connectivity index (χ0v) is 29.9. The van der Waals surface area contributed by atoms with Crippen LogP contribution >= 0.6 is 0 Å². The number of pyridine rings is 4. The first-order valence-corrected chi connectivity index (χ1v) is 19.8. The fraction of sp³-hybridized carbons (Fsp3) is 0. The van der Waals surface area contributed by atoms with Crippen LogP contribution in [0, 0.1) is 0 Å². The third-order valence-corrected chi connectivity index (χ3v) is 14.9. The smallest absolute Gasteiger partial charge is 0.184 e. The molecule has 8 aromatic rings. The van der Waals surface area contributed by atoms with Crippen LogP contribution in [0.2, 0.25) is 0 Å². The van der Waals surface area contributed by atoms with Gasteiger partial charge in [-0.3, -0.25) is 19.9 Å². The molecule has 53 heavy (non-hydrogen) atoms. The summed E-state index contributed by atoms with van der Waals surface area (Å²) < 4.78 is 0. The molecule has 4 nitrogen and oxygen atoms in total. The minimum atomic E-state index is -3.18. The maximum Gasteiger partial charge on any atom is 0.184 e. The second-order valence-corrected chi connectivity index (χ2v) is 16.7. The highest BCUT2D eigenvalue weighted by Gasteiger charge is 2.53. The molecule has 0 N–H and O–H groups in total. The number of hydrogen-bond acceptors (Lipinski definition) is 4. The highest BCUT2D eigenvalue weighted by atomic mass is 28.3. The van der Waals surface area contributed by atoms with Crippen LogP contribution in [0.1, 0.15) is 22.4 Å². The van der Waals surface area contributed by atoms with E-state index in [0.29, 0.717) is 0 Å². The van der Waals surface area contributed by atoms with Crippen molar-refractivity contribution in [1.29, 1.82) is 0 Å². The molecule has 0 atom stereocenters. The molecule has 4 aromatic heterocycles. The maximum atomic E-state index is 5.36. The van der Waals surface area contributed by atoms with Gasteiger partial charge in [0.1, 0.15) is 0 Å². The lowest BCUT2D eigenvalue weighted by atomic mass is 9.90. The van der Waals surface area contributed by atoms with E-state index < -0.39 is 8.07 Å². The number of hydrogen-bond donors (Lipinski definition) is 0. The van der Waals surface area contributed by atoms with E-state index in [9.17, 15) is 0 Å². The summed E-state index contributed by atoms with van der Waals surface area (Å²) in [5, 5.41) is 5.09. The third kappa shape index (κ3) is 5.74. The second kappa shape index (κ2) is 14.1. The molecule has 250 valence electrons. The Balaban J connectivity index is 1.43. The van der Waals surface area contributed by atoms with Gasteiger partial charge in [-0.25, -0.2) is 0 Å². The summed E-state index contributed by atoms with van der Waals surface area (Å²) in [7, 11) is -3.18. The highest BCUT2D eigenvalue weighted by Crippen LogP contribution is 2.55. The molecular weight excluding hydrogens is 661 g/mol. The monoisotopic (exact) mass is 694 g/mol. The van der Waals surface area contributed by atoms with Gasteiger partial charge in [0.05, 0.1) is 22.8 Å². The third-order valence-electron chi connectivity index (χ3n) is 10.00. The average Bonchev–Trinajstić information content (AvgIpc) is 3.58. The molecule has 0 amide bonds. The lowest BCUT2D eigenvalue weighted by molar-refractivity contribution is 1.24. The van der Waals surface area contributed by atoms with E-state index in [1.807, 2.05) is 55.0 Å². The predicted molar refractivity (Wildman–Crippen MR) is 219 cm³/mol. The van der Waals surface area contributed by atoms with Crippen molar-refractivity contribution in [2.45, 2.75) is 0 Å². The van der Waals surface area contributed by atoms with E-state index >= 15 is 0 Å². The molecule has 1 aliphatic heterocycles. The van der Waals surface area contributed by atoms with Crippen LogP contribution in [-0.4, -0.2) is 28.0 Å². The van der Waals surface area contributed by atoms with Crippen molar-refractivity contribution >= 4 is 40.0 Å². The van der Waals surface area contributed by atoms with E-state index in [-0.39, 0.29) is 0 Å². The lowest BCUT2D eigenvalue weighted by Crippen LogP contribution is -2.59. The molecule has 0 saturated heterocycles. The predicted octanol–water partition coefficient (Wildman–Crippen LogP) is 9.48. The van der Waals surface area contributed by atoms with Crippen molar-refractivity contribution in [1.82, 2.24) is 19.9 Å². The molecule has 0 unspecified atom stereocenters. The highest BCUT2D eigenvalue weighted by molar-refractivity contribution is 7.29. The molecule has 4 aromatic carbocycles. The van der Waals surface area contributed by atoms with Crippen LogP contribution in [0.3, 0.4) is 0 Å². The van der Waals surface area contributed by atoms with Gasteiger partial charge in [0, 0.05) is 30.4 Å². The first-order valence-electron chi connectivity index (χ1n) is 17.8. The second-order valence-electron chi connectivity index (χ2n) is 13.0. The largest absolute Gasteiger partial charge is 0.256 e. The van der Waals surface area contributed by atoms with E-state index in [1.165, 1.54) is 31.9 Å². The molecule has 5 heterocycles. The van der Waals surface area contributed by atoms with Crippen LogP contribution in [0.25, 0.3) is 44.2 Å². The summed E-state index contributed by atoms with van der Waals surface area (Å²) in [6.07, 6.45) is 7.68. The van der Waals surface area contributed by atoms with Crippen molar-refractivity contribution in [3.8, 4) is 22.6 Å². The summed E-state index contributed by atoms with van der Waals surface area (Å²) in [4.78, 5) is 19.7. The standard InChI is InChI=1S/C48H34N4Si/c1-5-17-35(18-6-1)45-46(36-19-7-2-8-20-36)48(44-30-27-37(33-52-44)41-25-13-15-31-49-41)53(39-21-9-3-10-22-39,40-23-11-4-12-24-40)47(45)38-28-29-43(51-34-38)42-26-14-16-32-50-42/h1-34H. The molecule has 0 saturated carbocycles.